The van der Waals surface area contributed by atoms with Gasteiger partial charge in [0, 0.05) is 19.2 Å². The minimum Gasteiger partial charge on any atom is -0.393 e. The van der Waals surface area contributed by atoms with E-state index in [2.05, 4.69) is 4.72 Å². The number of rotatable bonds is 5. The fraction of sp³-hybridized carbons (Fsp3) is 0.500. The number of hydrogen-bond acceptors (Lipinski definition) is 6. The maximum absolute atomic E-state index is 12.3. The lowest BCUT2D eigenvalue weighted by molar-refractivity contribution is -0.384. The summed E-state index contributed by atoms with van der Waals surface area (Å²) in [5, 5.41) is 10.9. The van der Waals surface area contributed by atoms with Crippen LogP contribution in [0, 0.1) is 17.0 Å². The highest BCUT2D eigenvalue weighted by atomic mass is 32.2. The van der Waals surface area contributed by atoms with Crippen LogP contribution in [-0.2, 0) is 14.8 Å². The number of nitrogens with one attached hydrogen (secondary N) is 1. The summed E-state index contributed by atoms with van der Waals surface area (Å²) >= 11 is 0. The van der Waals surface area contributed by atoms with Crippen LogP contribution in [0.2, 0.25) is 0 Å². The van der Waals surface area contributed by atoms with E-state index < -0.39 is 20.6 Å². The molecule has 9 heteroatoms. The van der Waals surface area contributed by atoms with Crippen LogP contribution in [0.3, 0.4) is 0 Å². The second kappa shape index (κ2) is 5.96. The van der Waals surface area contributed by atoms with Gasteiger partial charge in [0.1, 0.15) is 5.69 Å². The molecule has 3 N–H and O–H groups in total. The van der Waals surface area contributed by atoms with Gasteiger partial charge in [0.15, 0.2) is 0 Å². The van der Waals surface area contributed by atoms with Gasteiger partial charge in [0.25, 0.3) is 5.69 Å². The Morgan fingerprint density at radius 3 is 2.81 bits per heavy atom. The molecule has 0 radical (unpaired) electrons. The van der Waals surface area contributed by atoms with Gasteiger partial charge in [-0.25, -0.2) is 13.1 Å². The van der Waals surface area contributed by atoms with Gasteiger partial charge in [-0.15, -0.1) is 0 Å². The van der Waals surface area contributed by atoms with Gasteiger partial charge < -0.3 is 10.5 Å². The number of nitrogen functional groups attached to an aromatic ring is 1. The zero-order chi connectivity index (χ0) is 15.6. The molecule has 116 valence electrons. The molecular weight excluding hydrogens is 298 g/mol. The van der Waals surface area contributed by atoms with Crippen LogP contribution in [0.5, 0.6) is 0 Å². The molecule has 0 spiro atoms. The van der Waals surface area contributed by atoms with Crippen molar-refractivity contribution in [2.75, 3.05) is 18.9 Å². The molecule has 1 saturated heterocycles. The molecule has 0 bridgehead atoms. The van der Waals surface area contributed by atoms with E-state index >= 15 is 0 Å². The van der Waals surface area contributed by atoms with E-state index in [0.29, 0.717) is 12.2 Å². The van der Waals surface area contributed by atoms with E-state index in [-0.39, 0.29) is 23.2 Å². The van der Waals surface area contributed by atoms with E-state index in [1.807, 2.05) is 0 Å². The SMILES string of the molecule is Cc1cc(N)c([N+](=O)[O-])cc1S(=O)(=O)NCC1CCCO1. The van der Waals surface area contributed by atoms with Crippen molar-refractivity contribution in [1.82, 2.24) is 4.72 Å². The van der Waals surface area contributed by atoms with E-state index in [1.54, 1.807) is 6.92 Å². The Kier molecular flexibility index (Phi) is 4.45. The number of sulfonamides is 1. The Labute approximate surface area is 122 Å². The molecule has 1 aliphatic heterocycles. The smallest absolute Gasteiger partial charge is 0.293 e. The number of aryl methyl sites for hydroxylation is 1. The summed E-state index contributed by atoms with van der Waals surface area (Å²) in [5.74, 6) is 0. The van der Waals surface area contributed by atoms with E-state index in [9.17, 15) is 18.5 Å². The second-order valence-corrected chi connectivity index (χ2v) is 6.66. The van der Waals surface area contributed by atoms with E-state index in [1.165, 1.54) is 6.07 Å². The Bertz CT molecular complexity index is 653. The largest absolute Gasteiger partial charge is 0.393 e. The molecule has 2 rings (SSSR count). The number of benzene rings is 1. The van der Waals surface area contributed by atoms with Gasteiger partial charge in [0.2, 0.25) is 10.0 Å². The zero-order valence-corrected chi connectivity index (χ0v) is 12.4. The first-order valence-electron chi connectivity index (χ1n) is 6.47. The highest BCUT2D eigenvalue weighted by Gasteiger charge is 2.25. The molecule has 1 atom stereocenters. The third kappa shape index (κ3) is 3.49. The van der Waals surface area contributed by atoms with Crippen LogP contribution in [-0.4, -0.2) is 32.6 Å². The summed E-state index contributed by atoms with van der Waals surface area (Å²) in [6.45, 7) is 2.32. The molecule has 1 aromatic carbocycles. The minimum absolute atomic E-state index is 0.0597. The van der Waals surface area contributed by atoms with Crippen molar-refractivity contribution < 1.29 is 18.1 Å². The van der Waals surface area contributed by atoms with Gasteiger partial charge in [0.05, 0.1) is 15.9 Å². The van der Waals surface area contributed by atoms with E-state index in [4.69, 9.17) is 10.5 Å². The first kappa shape index (κ1) is 15.7. The molecule has 1 fully saturated rings. The number of hydrogen-bond donors (Lipinski definition) is 2. The summed E-state index contributed by atoms with van der Waals surface area (Å²) in [4.78, 5) is 10.0. The number of nitrogens with two attached hydrogens (primary N) is 1. The molecule has 8 nitrogen and oxygen atoms in total. The highest BCUT2D eigenvalue weighted by Crippen LogP contribution is 2.28. The van der Waals surface area contributed by atoms with Crippen molar-refractivity contribution in [2.45, 2.75) is 30.8 Å². The van der Waals surface area contributed by atoms with Gasteiger partial charge in [-0.1, -0.05) is 0 Å². The lowest BCUT2D eigenvalue weighted by Gasteiger charge is -2.13. The van der Waals surface area contributed by atoms with Gasteiger partial charge in [-0.2, -0.15) is 0 Å². The standard InChI is InChI=1S/C12H17N3O5S/c1-8-5-10(13)11(15(16)17)6-12(8)21(18,19)14-7-9-3-2-4-20-9/h5-6,9,14H,2-4,7,13H2,1H3. The predicted molar refractivity (Wildman–Crippen MR) is 76.4 cm³/mol. The lowest BCUT2D eigenvalue weighted by atomic mass is 10.2. The number of nitro benzene ring substituents is 1. The highest BCUT2D eigenvalue weighted by molar-refractivity contribution is 7.89. The number of nitro groups is 1. The molecule has 1 aliphatic rings. The fourth-order valence-corrected chi connectivity index (χ4v) is 3.54. The monoisotopic (exact) mass is 315 g/mol. The van der Waals surface area contributed by atoms with E-state index in [0.717, 1.165) is 18.9 Å². The summed E-state index contributed by atoms with van der Waals surface area (Å²) in [6, 6.07) is 2.28. The summed E-state index contributed by atoms with van der Waals surface area (Å²) in [6.07, 6.45) is 1.55. The van der Waals surface area contributed by atoms with Crippen LogP contribution >= 0.6 is 0 Å². The summed E-state index contributed by atoms with van der Waals surface area (Å²) < 4.78 is 32.3. The van der Waals surface area contributed by atoms with Gasteiger partial charge in [-0.3, -0.25) is 10.1 Å². The first-order valence-corrected chi connectivity index (χ1v) is 7.95. The van der Waals surface area contributed by atoms with Crippen molar-refractivity contribution in [2.24, 2.45) is 0 Å². The molecule has 1 aromatic rings. The number of nitrogens with zero attached hydrogens (tertiary/aromatic N) is 1. The first-order chi connectivity index (χ1) is 9.81. The van der Waals surface area contributed by atoms with Crippen LogP contribution < -0.4 is 10.5 Å². The van der Waals surface area contributed by atoms with Crippen LogP contribution in [0.15, 0.2) is 17.0 Å². The third-order valence-electron chi connectivity index (χ3n) is 3.34. The lowest BCUT2D eigenvalue weighted by Crippen LogP contribution is -2.32. The number of anilines is 1. The summed E-state index contributed by atoms with van der Waals surface area (Å²) in [5.41, 5.74) is 5.41. The average molecular weight is 315 g/mol. The van der Waals surface area contributed by atoms with Crippen molar-refractivity contribution in [3.8, 4) is 0 Å². The van der Waals surface area contributed by atoms with Crippen molar-refractivity contribution in [3.05, 3.63) is 27.8 Å². The average Bonchev–Trinajstić information content (AvgIpc) is 2.88. The molecule has 21 heavy (non-hydrogen) atoms. The molecule has 0 aliphatic carbocycles. The fourth-order valence-electron chi connectivity index (χ4n) is 2.23. The third-order valence-corrected chi connectivity index (χ3v) is 4.90. The van der Waals surface area contributed by atoms with Crippen LogP contribution in [0.4, 0.5) is 11.4 Å². The Hall–Kier alpha value is -1.71. The maximum Gasteiger partial charge on any atom is 0.293 e. The Morgan fingerprint density at radius 2 is 2.24 bits per heavy atom. The minimum atomic E-state index is -3.84. The quantitative estimate of drug-likeness (QED) is 0.473. The van der Waals surface area contributed by atoms with Crippen LogP contribution in [0.1, 0.15) is 18.4 Å². The van der Waals surface area contributed by atoms with Gasteiger partial charge >= 0.3 is 0 Å². The molecule has 0 aromatic heterocycles. The normalized spacial score (nSPS) is 18.8. The maximum atomic E-state index is 12.3. The summed E-state index contributed by atoms with van der Waals surface area (Å²) in [7, 11) is -3.84. The second-order valence-electron chi connectivity index (χ2n) is 4.92. The van der Waals surface area contributed by atoms with Gasteiger partial charge in [-0.05, 0) is 31.4 Å². The zero-order valence-electron chi connectivity index (χ0n) is 11.5. The topological polar surface area (TPSA) is 125 Å². The number of ether oxygens (including phenoxy) is 1. The van der Waals surface area contributed by atoms with Crippen LogP contribution in [0.25, 0.3) is 0 Å². The molecule has 0 saturated carbocycles. The molecule has 1 unspecified atom stereocenters. The van der Waals surface area contributed by atoms with Crippen molar-refractivity contribution >= 4 is 21.4 Å². The molecule has 1 heterocycles. The molecule has 0 amide bonds. The van der Waals surface area contributed by atoms with Crippen molar-refractivity contribution in [3.63, 3.8) is 0 Å². The Balaban J connectivity index is 2.26. The Morgan fingerprint density at radius 1 is 1.52 bits per heavy atom. The van der Waals surface area contributed by atoms with Crippen molar-refractivity contribution in [1.29, 1.82) is 0 Å². The predicted octanol–water partition coefficient (Wildman–Crippen LogP) is 0.943. The molecular formula is C12H17N3O5S.